The Hall–Kier alpha value is -1.33. The summed E-state index contributed by atoms with van der Waals surface area (Å²) < 4.78 is 5.32. The monoisotopic (exact) mass is 548 g/mol. The molecule has 9 nitrogen and oxygen atoms in total. The number of amides is 1. The van der Waals surface area contributed by atoms with E-state index in [-0.39, 0.29) is 28.9 Å². The van der Waals surface area contributed by atoms with Gasteiger partial charge in [0.1, 0.15) is 0 Å². The molecule has 1 aliphatic heterocycles. The number of amidine groups is 2. The number of aliphatic imine (C=N–C) groups is 1. The molecule has 2 N–H and O–H groups in total. The summed E-state index contributed by atoms with van der Waals surface area (Å²) in [5.74, 6) is 0.0433. The van der Waals surface area contributed by atoms with Crippen molar-refractivity contribution in [3.05, 3.63) is 0 Å². The fourth-order valence-electron chi connectivity index (χ4n) is 3.00. The van der Waals surface area contributed by atoms with Crippen LogP contribution in [0.25, 0.3) is 0 Å². The van der Waals surface area contributed by atoms with Gasteiger partial charge in [0.15, 0.2) is 0 Å². The molecule has 1 saturated carbocycles. The summed E-state index contributed by atoms with van der Waals surface area (Å²) in [4.78, 5) is 18.6. The van der Waals surface area contributed by atoms with Gasteiger partial charge in [-0.05, 0) is 37.0 Å². The van der Waals surface area contributed by atoms with Crippen LogP contribution in [0.5, 0.6) is 0 Å². The zero-order valence-electron chi connectivity index (χ0n) is 20.6. The minimum Gasteiger partial charge on any atom is -0.741 e. The van der Waals surface area contributed by atoms with E-state index in [4.69, 9.17) is 30.0 Å². The van der Waals surface area contributed by atoms with E-state index in [0.717, 1.165) is 12.1 Å². The van der Waals surface area contributed by atoms with Crippen LogP contribution in [0, 0.1) is 5.92 Å². The van der Waals surface area contributed by atoms with Gasteiger partial charge in [0.2, 0.25) is 5.91 Å². The van der Waals surface area contributed by atoms with Gasteiger partial charge >= 0.3 is 17.1 Å². The third-order valence-corrected chi connectivity index (χ3v) is 4.81. The van der Waals surface area contributed by atoms with E-state index in [1.807, 2.05) is 46.4 Å². The second kappa shape index (κ2) is 21.2. The van der Waals surface area contributed by atoms with Gasteiger partial charge in [-0.15, -0.1) is 0 Å². The van der Waals surface area contributed by atoms with Crippen LogP contribution in [0.1, 0.15) is 60.8 Å². The van der Waals surface area contributed by atoms with E-state index in [0.29, 0.717) is 68.3 Å². The van der Waals surface area contributed by atoms with Crippen molar-refractivity contribution in [2.45, 2.75) is 60.8 Å². The number of ether oxygens (including phenoxy) is 1. The zero-order valence-corrected chi connectivity index (χ0v) is 23.2. The van der Waals surface area contributed by atoms with Crippen molar-refractivity contribution >= 4 is 52.9 Å². The summed E-state index contributed by atoms with van der Waals surface area (Å²) >= 11 is 10.2. The van der Waals surface area contributed by atoms with Crippen molar-refractivity contribution in [3.8, 4) is 0 Å². The average molecular weight is 549 g/mol. The van der Waals surface area contributed by atoms with Gasteiger partial charge < -0.3 is 40.2 Å². The summed E-state index contributed by atoms with van der Waals surface area (Å²) in [5.41, 5.74) is 4.18. The number of carbonyl (C=O) groups is 1. The van der Waals surface area contributed by atoms with Gasteiger partial charge in [-0.2, -0.15) is 15.3 Å². The van der Waals surface area contributed by atoms with E-state index >= 15 is 0 Å². The minimum atomic E-state index is -0.0549. The van der Waals surface area contributed by atoms with E-state index < -0.39 is 0 Å². The van der Waals surface area contributed by atoms with Gasteiger partial charge in [-0.25, -0.2) is 0 Å². The van der Waals surface area contributed by atoms with Crippen LogP contribution in [0.2, 0.25) is 0 Å². The third kappa shape index (κ3) is 13.2. The molecule has 1 aliphatic carbocycles. The molecule has 0 spiro atoms. The molecule has 1 saturated heterocycles. The van der Waals surface area contributed by atoms with Gasteiger partial charge in [0.25, 0.3) is 0 Å². The Bertz CT molecular complexity index is 667. The molecular formula is C21H39CuN7O2S2. The van der Waals surface area contributed by atoms with Crippen molar-refractivity contribution in [1.82, 2.24) is 15.6 Å². The van der Waals surface area contributed by atoms with Crippen LogP contribution < -0.4 is 10.7 Å². The van der Waals surface area contributed by atoms with Crippen molar-refractivity contribution in [2.24, 2.45) is 26.2 Å². The summed E-state index contributed by atoms with van der Waals surface area (Å²) in [6.45, 7) is 15.5. The second-order valence-electron chi connectivity index (χ2n) is 6.30. The fraction of sp³-hybridized carbons (Fsp3) is 0.762. The van der Waals surface area contributed by atoms with Crippen molar-refractivity contribution in [2.75, 3.05) is 39.4 Å². The minimum absolute atomic E-state index is 0. The SMILES string of the molecule is CC.CC.CCN=C([S-])N\N=C1/CCC(CC(=O)N2CCOCC2)/C1=N\N=C(/[S-])NCC.[Cu+2]. The Morgan fingerprint density at radius 1 is 1.12 bits per heavy atom. The van der Waals surface area contributed by atoms with Crippen molar-refractivity contribution in [1.29, 1.82) is 0 Å². The third-order valence-electron chi connectivity index (χ3n) is 4.36. The maximum Gasteiger partial charge on any atom is 2.00 e. The number of nitrogens with zero attached hydrogens (tertiary/aromatic N) is 5. The van der Waals surface area contributed by atoms with Gasteiger partial charge in [-0.3, -0.25) is 15.2 Å². The second-order valence-corrected chi connectivity index (χ2v) is 7.08. The first-order chi connectivity index (χ1) is 15.5. The summed E-state index contributed by atoms with van der Waals surface area (Å²) in [7, 11) is 0. The molecule has 0 aromatic heterocycles. The molecule has 2 rings (SSSR count). The number of hydrazone groups is 1. The first-order valence-corrected chi connectivity index (χ1v) is 12.3. The molecule has 33 heavy (non-hydrogen) atoms. The number of hydrogen-bond donors (Lipinski definition) is 2. The smallest absolute Gasteiger partial charge is 0.741 e. The number of morpholine rings is 1. The van der Waals surface area contributed by atoms with Gasteiger partial charge in [0, 0.05) is 38.5 Å². The van der Waals surface area contributed by atoms with Crippen molar-refractivity contribution in [3.63, 3.8) is 0 Å². The van der Waals surface area contributed by atoms with Crippen LogP contribution in [0.15, 0.2) is 20.3 Å². The Morgan fingerprint density at radius 3 is 2.33 bits per heavy atom. The standard InChI is InChI=1S/C17H29N7O2S2.2C2H6.Cu/c1-3-18-16(27)22-20-13-6-5-12(15(13)21-23-17(28)19-4-2)11-14(25)24-7-9-26-10-8-24;2*1-2;/h12H,3-11H2,1-2H3,(H2,18,22,27)(H2,19,23,28);2*1-2H3;/q;;;+2/p-2/b20-13+,21-15+;;;. The first-order valence-electron chi connectivity index (χ1n) is 11.5. The van der Waals surface area contributed by atoms with Gasteiger partial charge in [0.05, 0.1) is 24.6 Å². The molecule has 1 unspecified atom stereocenters. The zero-order chi connectivity index (χ0) is 24.4. The van der Waals surface area contributed by atoms with E-state index in [1.165, 1.54) is 0 Å². The predicted octanol–water partition coefficient (Wildman–Crippen LogP) is 2.43. The molecular weight excluding hydrogens is 510 g/mol. The molecule has 1 heterocycles. The summed E-state index contributed by atoms with van der Waals surface area (Å²) in [5, 5.41) is 16.3. The van der Waals surface area contributed by atoms with Crippen molar-refractivity contribution < 1.29 is 26.6 Å². The summed E-state index contributed by atoms with van der Waals surface area (Å²) in [6.07, 6.45) is 1.83. The summed E-state index contributed by atoms with van der Waals surface area (Å²) in [6, 6.07) is 0. The molecule has 1 atom stereocenters. The Morgan fingerprint density at radius 2 is 1.76 bits per heavy atom. The van der Waals surface area contributed by atoms with Crippen LogP contribution >= 0.6 is 0 Å². The number of rotatable bonds is 6. The quantitative estimate of drug-likeness (QED) is 0.174. The molecule has 2 fully saturated rings. The first kappa shape index (κ1) is 33.8. The largest absolute Gasteiger partial charge is 2.00 e. The van der Waals surface area contributed by atoms with Crippen LogP contribution in [-0.2, 0) is 51.9 Å². The molecule has 1 radical (unpaired) electrons. The topological polar surface area (TPSA) is 103 Å². The Kier molecular flexibility index (Phi) is 21.8. The van der Waals surface area contributed by atoms with E-state index in [1.54, 1.807) is 0 Å². The number of nitrogens with one attached hydrogen (secondary N) is 2. The molecule has 12 heteroatoms. The van der Waals surface area contributed by atoms with E-state index in [2.05, 4.69) is 31.0 Å². The number of carbonyl (C=O) groups excluding carboxylic acids is 1. The Balaban J connectivity index is 0. The molecule has 0 aromatic carbocycles. The van der Waals surface area contributed by atoms with Gasteiger partial charge in [-0.1, -0.05) is 27.7 Å². The van der Waals surface area contributed by atoms with Crippen LogP contribution in [0.4, 0.5) is 0 Å². The molecule has 2 aliphatic rings. The average Bonchev–Trinajstić information content (AvgIpc) is 3.21. The molecule has 0 bridgehead atoms. The molecule has 193 valence electrons. The van der Waals surface area contributed by atoms with Crippen LogP contribution in [-0.4, -0.2) is 72.0 Å². The maximum atomic E-state index is 12.7. The fourth-order valence-corrected chi connectivity index (χ4v) is 3.36. The predicted molar refractivity (Wildman–Crippen MR) is 139 cm³/mol. The number of hydrogen-bond acceptors (Lipinski definition) is 8. The maximum absolute atomic E-state index is 12.7. The van der Waals surface area contributed by atoms with Crippen LogP contribution in [0.3, 0.4) is 0 Å². The molecule has 1 amide bonds. The normalized spacial score (nSPS) is 20.8. The van der Waals surface area contributed by atoms with E-state index in [9.17, 15) is 4.79 Å². The molecule has 0 aromatic rings. The Labute approximate surface area is 221 Å².